The molecule has 1 aliphatic rings. The number of hydrogen-bond acceptors (Lipinski definition) is 5. The fourth-order valence-corrected chi connectivity index (χ4v) is 4.55. The average molecular weight is 389 g/mol. The lowest BCUT2D eigenvalue weighted by Crippen LogP contribution is -2.47. The molecule has 0 saturated carbocycles. The van der Waals surface area contributed by atoms with Gasteiger partial charge in [0.15, 0.2) is 0 Å². The summed E-state index contributed by atoms with van der Waals surface area (Å²) >= 11 is 7.78. The van der Waals surface area contributed by atoms with Crippen LogP contribution in [0.25, 0.3) is 10.2 Å². The molecule has 3 aromatic rings. The molecule has 2 aromatic heterocycles. The topological polar surface area (TPSA) is 52.2 Å². The van der Waals surface area contributed by atoms with Gasteiger partial charge < -0.3 is 4.98 Å². The Morgan fingerprint density at radius 1 is 1.23 bits per heavy atom. The zero-order valence-electron chi connectivity index (χ0n) is 14.6. The smallest absolute Gasteiger partial charge is 0.268 e. The fourth-order valence-electron chi connectivity index (χ4n) is 3.53. The van der Waals surface area contributed by atoms with Crippen molar-refractivity contribution in [2.75, 3.05) is 26.2 Å². The van der Waals surface area contributed by atoms with Gasteiger partial charge in [0.2, 0.25) is 0 Å². The van der Waals surface area contributed by atoms with Crippen LogP contribution < -0.4 is 5.56 Å². The third-order valence-electron chi connectivity index (χ3n) is 5.05. The van der Waals surface area contributed by atoms with E-state index in [4.69, 9.17) is 11.6 Å². The Balaban J connectivity index is 1.40. The maximum atomic E-state index is 12.1. The van der Waals surface area contributed by atoms with Gasteiger partial charge in [-0.15, -0.1) is 11.3 Å². The number of hydrogen-bond donors (Lipinski definition) is 1. The van der Waals surface area contributed by atoms with Gasteiger partial charge in [-0.3, -0.25) is 14.6 Å². The van der Waals surface area contributed by atoms with Crippen molar-refractivity contribution in [3.8, 4) is 0 Å². The van der Waals surface area contributed by atoms with E-state index in [0.717, 1.165) is 42.5 Å². The second-order valence-electron chi connectivity index (χ2n) is 6.66. The monoisotopic (exact) mass is 388 g/mol. The molecule has 1 aromatic carbocycles. The van der Waals surface area contributed by atoms with Crippen molar-refractivity contribution < 1.29 is 0 Å². The number of H-pyrrole nitrogens is 1. The SMILES string of the molecule is CC(c1ccccc1Cl)N1CCN(Cc2nc3ccsc3c(=O)[nH]2)CC1. The predicted octanol–water partition coefficient (Wildman–Crippen LogP) is 3.52. The summed E-state index contributed by atoms with van der Waals surface area (Å²) in [5, 5.41) is 2.74. The molecule has 3 heterocycles. The summed E-state index contributed by atoms with van der Waals surface area (Å²) in [6.45, 7) is 6.71. The predicted molar refractivity (Wildman–Crippen MR) is 107 cm³/mol. The van der Waals surface area contributed by atoms with E-state index in [2.05, 4.69) is 32.8 Å². The van der Waals surface area contributed by atoms with Crippen LogP contribution in [0.3, 0.4) is 0 Å². The molecule has 136 valence electrons. The first-order valence-electron chi connectivity index (χ1n) is 8.79. The van der Waals surface area contributed by atoms with Crippen molar-refractivity contribution in [2.24, 2.45) is 0 Å². The minimum Gasteiger partial charge on any atom is -0.308 e. The van der Waals surface area contributed by atoms with Crippen molar-refractivity contribution >= 4 is 33.2 Å². The fraction of sp³-hybridized carbons (Fsp3) is 0.368. The summed E-state index contributed by atoms with van der Waals surface area (Å²) in [6.07, 6.45) is 0. The molecule has 0 spiro atoms. The van der Waals surface area contributed by atoms with Crippen LogP contribution in [-0.4, -0.2) is 45.9 Å². The Hall–Kier alpha value is -1.73. The van der Waals surface area contributed by atoms with E-state index in [1.54, 1.807) is 0 Å². The molecule has 7 heteroatoms. The number of nitrogens with one attached hydrogen (secondary N) is 1. The number of benzene rings is 1. The van der Waals surface area contributed by atoms with Gasteiger partial charge >= 0.3 is 0 Å². The molecule has 0 amide bonds. The number of thiophene rings is 1. The van der Waals surface area contributed by atoms with E-state index in [1.165, 1.54) is 16.9 Å². The van der Waals surface area contributed by atoms with Gasteiger partial charge in [0.1, 0.15) is 10.5 Å². The van der Waals surface area contributed by atoms with E-state index >= 15 is 0 Å². The van der Waals surface area contributed by atoms with Crippen LogP contribution in [0.2, 0.25) is 5.02 Å². The first-order chi connectivity index (χ1) is 12.6. The number of halogens is 1. The summed E-state index contributed by atoms with van der Waals surface area (Å²) in [7, 11) is 0. The number of fused-ring (bicyclic) bond motifs is 1. The lowest BCUT2D eigenvalue weighted by molar-refractivity contribution is 0.0962. The molecule has 1 N–H and O–H groups in total. The maximum absolute atomic E-state index is 12.1. The molecule has 1 aliphatic heterocycles. The standard InChI is InChI=1S/C19H21ClN4OS/c1-13(14-4-2-3-5-15(14)20)24-9-7-23(8-10-24)12-17-21-16-6-11-26-18(16)19(25)22-17/h2-6,11,13H,7-10,12H2,1H3,(H,21,22,25). The zero-order valence-corrected chi connectivity index (χ0v) is 16.2. The Labute approximate surface area is 161 Å². The minimum atomic E-state index is -0.0361. The van der Waals surface area contributed by atoms with Gasteiger partial charge in [-0.1, -0.05) is 29.8 Å². The Bertz CT molecular complexity index is 961. The molecule has 1 fully saturated rings. The van der Waals surface area contributed by atoms with Crippen molar-refractivity contribution in [3.63, 3.8) is 0 Å². The summed E-state index contributed by atoms with van der Waals surface area (Å²) < 4.78 is 0.701. The number of piperazine rings is 1. The highest BCUT2D eigenvalue weighted by Crippen LogP contribution is 2.27. The minimum absolute atomic E-state index is 0.0361. The molecule has 4 rings (SSSR count). The number of aromatic amines is 1. The molecule has 1 unspecified atom stereocenters. The van der Waals surface area contributed by atoms with Crippen LogP contribution in [0.15, 0.2) is 40.5 Å². The normalized spacial score (nSPS) is 17.6. The first-order valence-corrected chi connectivity index (χ1v) is 10.0. The average Bonchev–Trinajstić information content (AvgIpc) is 3.11. The van der Waals surface area contributed by atoms with E-state index in [-0.39, 0.29) is 5.56 Å². The molecule has 1 saturated heterocycles. The van der Waals surface area contributed by atoms with Gasteiger partial charge in [0.25, 0.3) is 5.56 Å². The van der Waals surface area contributed by atoms with Crippen LogP contribution in [0, 0.1) is 0 Å². The molecule has 0 aliphatic carbocycles. The number of nitrogens with zero attached hydrogens (tertiary/aromatic N) is 3. The van der Waals surface area contributed by atoms with Crippen molar-refractivity contribution in [1.29, 1.82) is 0 Å². The highest BCUT2D eigenvalue weighted by Gasteiger charge is 2.23. The second kappa shape index (κ2) is 7.48. The van der Waals surface area contributed by atoms with Gasteiger partial charge in [-0.2, -0.15) is 0 Å². The number of aromatic nitrogens is 2. The third kappa shape index (κ3) is 3.55. The molecule has 0 radical (unpaired) electrons. The highest BCUT2D eigenvalue weighted by molar-refractivity contribution is 7.17. The first kappa shape index (κ1) is 17.7. The molecule has 0 bridgehead atoms. The quantitative estimate of drug-likeness (QED) is 0.743. The Kier molecular flexibility index (Phi) is 5.09. The third-order valence-corrected chi connectivity index (χ3v) is 6.29. The van der Waals surface area contributed by atoms with E-state index in [1.807, 2.05) is 29.6 Å². The maximum Gasteiger partial charge on any atom is 0.268 e. The molecular formula is C19H21ClN4OS. The lowest BCUT2D eigenvalue weighted by Gasteiger charge is -2.38. The summed E-state index contributed by atoms with van der Waals surface area (Å²) in [5.41, 5.74) is 1.93. The van der Waals surface area contributed by atoms with Crippen LogP contribution in [0.1, 0.15) is 24.4 Å². The van der Waals surface area contributed by atoms with Crippen LogP contribution in [0.5, 0.6) is 0 Å². The summed E-state index contributed by atoms with van der Waals surface area (Å²) in [6, 6.07) is 10.3. The number of rotatable bonds is 4. The Morgan fingerprint density at radius 3 is 2.77 bits per heavy atom. The lowest BCUT2D eigenvalue weighted by atomic mass is 10.1. The van der Waals surface area contributed by atoms with Crippen LogP contribution in [-0.2, 0) is 6.54 Å². The van der Waals surface area contributed by atoms with Gasteiger partial charge in [0.05, 0.1) is 12.1 Å². The van der Waals surface area contributed by atoms with E-state index < -0.39 is 0 Å². The van der Waals surface area contributed by atoms with Crippen molar-refractivity contribution in [3.05, 3.63) is 62.5 Å². The second-order valence-corrected chi connectivity index (χ2v) is 7.98. The Morgan fingerprint density at radius 2 is 2.00 bits per heavy atom. The summed E-state index contributed by atoms with van der Waals surface area (Å²) in [4.78, 5) is 24.4. The molecule has 26 heavy (non-hydrogen) atoms. The largest absolute Gasteiger partial charge is 0.308 e. The summed E-state index contributed by atoms with van der Waals surface area (Å²) in [5.74, 6) is 0.744. The van der Waals surface area contributed by atoms with Gasteiger partial charge in [0, 0.05) is 37.2 Å². The van der Waals surface area contributed by atoms with E-state index in [9.17, 15) is 4.79 Å². The van der Waals surface area contributed by atoms with Crippen molar-refractivity contribution in [2.45, 2.75) is 19.5 Å². The van der Waals surface area contributed by atoms with Gasteiger partial charge in [-0.05, 0) is 30.0 Å². The zero-order chi connectivity index (χ0) is 18.1. The van der Waals surface area contributed by atoms with E-state index in [0.29, 0.717) is 17.3 Å². The molecule has 1 atom stereocenters. The van der Waals surface area contributed by atoms with Crippen molar-refractivity contribution in [1.82, 2.24) is 19.8 Å². The van der Waals surface area contributed by atoms with Crippen LogP contribution in [0.4, 0.5) is 0 Å². The highest BCUT2D eigenvalue weighted by atomic mass is 35.5. The molecule has 5 nitrogen and oxygen atoms in total. The van der Waals surface area contributed by atoms with Gasteiger partial charge in [-0.25, -0.2) is 4.98 Å². The van der Waals surface area contributed by atoms with Crippen LogP contribution >= 0.6 is 22.9 Å². The molecular weight excluding hydrogens is 368 g/mol.